The Bertz CT molecular complexity index is 174. The number of rotatable bonds is 2. The zero-order chi connectivity index (χ0) is 10.8. The highest BCUT2D eigenvalue weighted by Gasteiger charge is 2.32. The lowest BCUT2D eigenvalue weighted by Gasteiger charge is -2.43. The number of aliphatic hydroxyl groups excluding tert-OH is 1. The van der Waals surface area contributed by atoms with Crippen molar-refractivity contribution < 1.29 is 5.11 Å². The van der Waals surface area contributed by atoms with Crippen molar-refractivity contribution in [2.24, 2.45) is 5.92 Å². The van der Waals surface area contributed by atoms with Crippen molar-refractivity contribution in [3.05, 3.63) is 0 Å². The molecule has 0 saturated carbocycles. The summed E-state index contributed by atoms with van der Waals surface area (Å²) >= 11 is 0. The van der Waals surface area contributed by atoms with Crippen molar-refractivity contribution in [3.63, 3.8) is 0 Å². The second kappa shape index (κ2) is 4.63. The predicted octanol–water partition coefficient (Wildman–Crippen LogP) is 2.27. The first-order chi connectivity index (χ1) is 6.45. The number of hydrogen-bond acceptors (Lipinski definition) is 2. The standard InChI is InChI=1S/C12H25NO/c1-5-6-10-9-13(12(2,3)4)8-7-11(10)14/h10-11,14H,5-9H2,1-4H3/t10-,11+/m1/s1. The van der Waals surface area contributed by atoms with Crippen molar-refractivity contribution in [1.29, 1.82) is 0 Å². The smallest absolute Gasteiger partial charge is 0.0592 e. The van der Waals surface area contributed by atoms with E-state index in [0.29, 0.717) is 5.92 Å². The molecule has 1 N–H and O–H groups in total. The number of likely N-dealkylation sites (tertiary alicyclic amines) is 1. The Morgan fingerprint density at radius 2 is 2.00 bits per heavy atom. The van der Waals surface area contributed by atoms with Gasteiger partial charge in [-0.05, 0) is 39.5 Å². The van der Waals surface area contributed by atoms with Crippen LogP contribution in [0.25, 0.3) is 0 Å². The molecule has 0 amide bonds. The summed E-state index contributed by atoms with van der Waals surface area (Å²) in [5.41, 5.74) is 0.256. The first-order valence-electron chi connectivity index (χ1n) is 5.88. The second-order valence-corrected chi connectivity index (χ2v) is 5.52. The Morgan fingerprint density at radius 3 is 2.50 bits per heavy atom. The summed E-state index contributed by atoms with van der Waals surface area (Å²) in [4.78, 5) is 2.50. The SMILES string of the molecule is CCC[C@@H]1CN(C(C)(C)C)CC[C@@H]1O. The normalized spacial score (nSPS) is 30.6. The van der Waals surface area contributed by atoms with Gasteiger partial charge in [-0.15, -0.1) is 0 Å². The third kappa shape index (κ3) is 2.96. The highest BCUT2D eigenvalue weighted by atomic mass is 16.3. The minimum Gasteiger partial charge on any atom is -0.393 e. The summed E-state index contributed by atoms with van der Waals surface area (Å²) in [6.45, 7) is 11.1. The molecule has 0 aliphatic carbocycles. The summed E-state index contributed by atoms with van der Waals surface area (Å²) in [7, 11) is 0. The van der Waals surface area contributed by atoms with Crippen LogP contribution in [0.3, 0.4) is 0 Å². The van der Waals surface area contributed by atoms with Gasteiger partial charge < -0.3 is 5.11 Å². The lowest BCUT2D eigenvalue weighted by Crippen LogP contribution is -2.51. The van der Waals surface area contributed by atoms with Gasteiger partial charge in [-0.25, -0.2) is 0 Å². The van der Waals surface area contributed by atoms with E-state index in [0.717, 1.165) is 25.9 Å². The van der Waals surface area contributed by atoms with Crippen LogP contribution in [0.15, 0.2) is 0 Å². The monoisotopic (exact) mass is 199 g/mol. The molecule has 2 nitrogen and oxygen atoms in total. The average Bonchev–Trinajstić information content (AvgIpc) is 2.07. The summed E-state index contributed by atoms with van der Waals surface area (Å²) in [6.07, 6.45) is 3.23. The van der Waals surface area contributed by atoms with Crippen LogP contribution in [-0.2, 0) is 0 Å². The van der Waals surface area contributed by atoms with E-state index in [4.69, 9.17) is 0 Å². The number of piperidine rings is 1. The second-order valence-electron chi connectivity index (χ2n) is 5.52. The van der Waals surface area contributed by atoms with Gasteiger partial charge in [0.1, 0.15) is 0 Å². The van der Waals surface area contributed by atoms with Gasteiger partial charge >= 0.3 is 0 Å². The minimum atomic E-state index is -0.0615. The fraction of sp³-hybridized carbons (Fsp3) is 1.00. The van der Waals surface area contributed by atoms with Gasteiger partial charge in [0, 0.05) is 18.6 Å². The first kappa shape index (κ1) is 12.0. The molecule has 0 unspecified atom stereocenters. The molecule has 14 heavy (non-hydrogen) atoms. The number of aliphatic hydroxyl groups is 1. The van der Waals surface area contributed by atoms with Gasteiger partial charge in [-0.1, -0.05) is 13.3 Å². The Hall–Kier alpha value is -0.0800. The van der Waals surface area contributed by atoms with Gasteiger partial charge in [-0.3, -0.25) is 4.90 Å². The lowest BCUT2D eigenvalue weighted by atomic mass is 9.88. The summed E-state index contributed by atoms with van der Waals surface area (Å²) in [5, 5.41) is 9.86. The average molecular weight is 199 g/mol. The van der Waals surface area contributed by atoms with E-state index in [1.165, 1.54) is 6.42 Å². The molecule has 1 rings (SSSR count). The topological polar surface area (TPSA) is 23.5 Å². The highest BCUT2D eigenvalue weighted by Crippen LogP contribution is 2.26. The van der Waals surface area contributed by atoms with Crippen molar-refractivity contribution in [3.8, 4) is 0 Å². The molecule has 1 fully saturated rings. The Balaban J connectivity index is 2.53. The lowest BCUT2D eigenvalue weighted by molar-refractivity contribution is -0.0112. The molecule has 0 aromatic carbocycles. The Kier molecular flexibility index (Phi) is 3.96. The van der Waals surface area contributed by atoms with Crippen LogP contribution in [-0.4, -0.2) is 34.7 Å². The van der Waals surface area contributed by atoms with E-state index in [9.17, 15) is 5.11 Å². The van der Waals surface area contributed by atoms with E-state index in [2.05, 4.69) is 32.6 Å². The molecule has 84 valence electrons. The summed E-state index contributed by atoms with van der Waals surface area (Å²) in [6, 6.07) is 0. The summed E-state index contributed by atoms with van der Waals surface area (Å²) < 4.78 is 0. The van der Waals surface area contributed by atoms with E-state index in [1.54, 1.807) is 0 Å². The van der Waals surface area contributed by atoms with Gasteiger partial charge in [0.15, 0.2) is 0 Å². The molecule has 0 bridgehead atoms. The fourth-order valence-electron chi connectivity index (χ4n) is 2.28. The zero-order valence-electron chi connectivity index (χ0n) is 10.1. The number of hydrogen-bond donors (Lipinski definition) is 1. The van der Waals surface area contributed by atoms with Crippen LogP contribution in [0.5, 0.6) is 0 Å². The largest absolute Gasteiger partial charge is 0.393 e. The molecular weight excluding hydrogens is 174 g/mol. The maximum Gasteiger partial charge on any atom is 0.0592 e. The van der Waals surface area contributed by atoms with E-state index in [1.807, 2.05) is 0 Å². The van der Waals surface area contributed by atoms with Crippen molar-refractivity contribution in [1.82, 2.24) is 4.90 Å². The van der Waals surface area contributed by atoms with Crippen LogP contribution in [0.4, 0.5) is 0 Å². The number of nitrogens with zero attached hydrogens (tertiary/aromatic N) is 1. The Morgan fingerprint density at radius 1 is 1.36 bits per heavy atom. The molecule has 1 saturated heterocycles. The van der Waals surface area contributed by atoms with Gasteiger partial charge in [0.2, 0.25) is 0 Å². The van der Waals surface area contributed by atoms with Crippen LogP contribution >= 0.6 is 0 Å². The molecule has 0 radical (unpaired) electrons. The van der Waals surface area contributed by atoms with Crippen LogP contribution < -0.4 is 0 Å². The minimum absolute atomic E-state index is 0.0615. The quantitative estimate of drug-likeness (QED) is 0.737. The fourth-order valence-corrected chi connectivity index (χ4v) is 2.28. The maximum absolute atomic E-state index is 9.86. The molecule has 2 heteroatoms. The van der Waals surface area contributed by atoms with Crippen LogP contribution in [0, 0.1) is 5.92 Å². The predicted molar refractivity (Wildman–Crippen MR) is 60.3 cm³/mol. The Labute approximate surface area is 88.3 Å². The van der Waals surface area contributed by atoms with E-state index in [-0.39, 0.29) is 11.6 Å². The van der Waals surface area contributed by atoms with Crippen molar-refractivity contribution >= 4 is 0 Å². The highest BCUT2D eigenvalue weighted by molar-refractivity contribution is 4.86. The molecule has 0 aromatic heterocycles. The van der Waals surface area contributed by atoms with Crippen molar-refractivity contribution in [2.45, 2.75) is 58.6 Å². The van der Waals surface area contributed by atoms with E-state index < -0.39 is 0 Å². The molecule has 2 atom stereocenters. The molecule has 0 aromatic rings. The third-order valence-electron chi connectivity index (χ3n) is 3.30. The van der Waals surface area contributed by atoms with Gasteiger partial charge in [0.25, 0.3) is 0 Å². The molecular formula is C12H25NO. The van der Waals surface area contributed by atoms with E-state index >= 15 is 0 Å². The van der Waals surface area contributed by atoms with Gasteiger partial charge in [-0.2, -0.15) is 0 Å². The third-order valence-corrected chi connectivity index (χ3v) is 3.30. The first-order valence-corrected chi connectivity index (χ1v) is 5.88. The molecule has 0 spiro atoms. The van der Waals surface area contributed by atoms with Crippen LogP contribution in [0.1, 0.15) is 47.0 Å². The summed E-state index contributed by atoms with van der Waals surface area (Å²) in [5.74, 6) is 0.493. The van der Waals surface area contributed by atoms with Crippen LogP contribution in [0.2, 0.25) is 0 Å². The maximum atomic E-state index is 9.86. The zero-order valence-corrected chi connectivity index (χ0v) is 10.1. The molecule has 1 heterocycles. The van der Waals surface area contributed by atoms with Gasteiger partial charge in [0.05, 0.1) is 6.10 Å². The molecule has 1 aliphatic heterocycles. The van der Waals surface area contributed by atoms with Crippen molar-refractivity contribution in [2.75, 3.05) is 13.1 Å². The molecule has 1 aliphatic rings.